The van der Waals surface area contributed by atoms with Gasteiger partial charge in [-0.05, 0) is 12.1 Å². The third kappa shape index (κ3) is 2.13. The molecule has 0 radical (unpaired) electrons. The monoisotopic (exact) mass is 255 g/mol. The minimum Gasteiger partial charge on any atom is -0.322 e. The topological polar surface area (TPSA) is 61.7 Å². The summed E-state index contributed by atoms with van der Waals surface area (Å²) < 4.78 is 3.67. The number of aromatic nitrogens is 4. The minimum absolute atomic E-state index is 0.138. The van der Waals surface area contributed by atoms with E-state index in [4.69, 9.17) is 5.73 Å². The molecule has 2 aromatic heterocycles. The Kier molecular flexibility index (Phi) is 2.83. The van der Waals surface area contributed by atoms with Crippen molar-refractivity contribution in [2.75, 3.05) is 0 Å². The molecule has 3 aromatic rings. The molecular formula is C14H17N5. The van der Waals surface area contributed by atoms with Crippen LogP contribution in [0.4, 0.5) is 0 Å². The van der Waals surface area contributed by atoms with Crippen LogP contribution in [0, 0.1) is 0 Å². The molecule has 19 heavy (non-hydrogen) atoms. The highest BCUT2D eigenvalue weighted by molar-refractivity contribution is 5.82. The lowest BCUT2D eigenvalue weighted by Crippen LogP contribution is -2.15. The zero-order valence-electron chi connectivity index (χ0n) is 11.1. The van der Waals surface area contributed by atoms with Crippen LogP contribution in [-0.4, -0.2) is 19.6 Å². The Morgan fingerprint density at radius 2 is 1.95 bits per heavy atom. The maximum absolute atomic E-state index is 6.29. The Labute approximate surface area is 111 Å². The molecular weight excluding hydrogens is 238 g/mol. The van der Waals surface area contributed by atoms with Crippen LogP contribution in [0.2, 0.25) is 0 Å². The van der Waals surface area contributed by atoms with E-state index in [9.17, 15) is 0 Å². The van der Waals surface area contributed by atoms with Crippen LogP contribution in [0.5, 0.6) is 0 Å². The average molecular weight is 255 g/mol. The lowest BCUT2D eigenvalue weighted by Gasteiger charge is -2.07. The zero-order valence-corrected chi connectivity index (χ0v) is 11.1. The first-order valence-electron chi connectivity index (χ1n) is 6.31. The third-order valence-corrected chi connectivity index (χ3v) is 3.34. The van der Waals surface area contributed by atoms with Crippen molar-refractivity contribution in [3.05, 3.63) is 47.9 Å². The van der Waals surface area contributed by atoms with E-state index in [1.807, 2.05) is 43.2 Å². The molecule has 1 atom stereocenters. The molecule has 5 nitrogen and oxygen atoms in total. The van der Waals surface area contributed by atoms with E-state index in [2.05, 4.69) is 22.3 Å². The highest BCUT2D eigenvalue weighted by Gasteiger charge is 2.16. The predicted molar refractivity (Wildman–Crippen MR) is 74.6 cm³/mol. The van der Waals surface area contributed by atoms with Gasteiger partial charge < -0.3 is 5.73 Å². The average Bonchev–Trinajstić information content (AvgIpc) is 2.95. The van der Waals surface area contributed by atoms with Gasteiger partial charge in [-0.25, -0.2) is 0 Å². The first-order chi connectivity index (χ1) is 9.15. The fraction of sp³-hybridized carbons (Fsp3) is 0.286. The standard InChI is InChI=1S/C14H17N5/c1-18-8-7-10(16-18)9-12(15)14-11-5-3-4-6-13(11)19(2)17-14/h3-8,12H,9,15H2,1-2H3. The van der Waals surface area contributed by atoms with E-state index in [-0.39, 0.29) is 6.04 Å². The second-order valence-electron chi connectivity index (χ2n) is 4.82. The predicted octanol–water partition coefficient (Wildman–Crippen LogP) is 1.55. The SMILES string of the molecule is Cn1ccc(CC(N)c2nn(C)c3ccccc23)n1. The summed E-state index contributed by atoms with van der Waals surface area (Å²) in [6.45, 7) is 0. The smallest absolute Gasteiger partial charge is 0.0874 e. The Morgan fingerprint density at radius 3 is 2.68 bits per heavy atom. The summed E-state index contributed by atoms with van der Waals surface area (Å²) in [5.74, 6) is 0. The van der Waals surface area contributed by atoms with Crippen molar-refractivity contribution in [3.63, 3.8) is 0 Å². The van der Waals surface area contributed by atoms with Crippen LogP contribution in [0.15, 0.2) is 36.5 Å². The minimum atomic E-state index is -0.138. The molecule has 0 aliphatic rings. The van der Waals surface area contributed by atoms with Crippen LogP contribution in [0.1, 0.15) is 17.4 Å². The van der Waals surface area contributed by atoms with Crippen molar-refractivity contribution < 1.29 is 0 Å². The molecule has 0 aliphatic heterocycles. The lowest BCUT2D eigenvalue weighted by molar-refractivity contribution is 0.642. The summed E-state index contributed by atoms with van der Waals surface area (Å²) in [5, 5.41) is 10.0. The molecule has 0 aliphatic carbocycles. The van der Waals surface area contributed by atoms with Crippen LogP contribution >= 0.6 is 0 Å². The molecule has 0 saturated carbocycles. The molecule has 2 N–H and O–H groups in total. The van der Waals surface area contributed by atoms with E-state index < -0.39 is 0 Å². The van der Waals surface area contributed by atoms with Crippen molar-refractivity contribution in [2.24, 2.45) is 19.8 Å². The van der Waals surface area contributed by atoms with Gasteiger partial charge in [-0.15, -0.1) is 0 Å². The number of para-hydroxylation sites is 1. The maximum atomic E-state index is 6.29. The van der Waals surface area contributed by atoms with Crippen LogP contribution in [0.3, 0.4) is 0 Å². The molecule has 0 spiro atoms. The second kappa shape index (κ2) is 4.51. The molecule has 5 heteroatoms. The number of fused-ring (bicyclic) bond motifs is 1. The van der Waals surface area contributed by atoms with Crippen molar-refractivity contribution in [1.82, 2.24) is 19.6 Å². The van der Waals surface area contributed by atoms with Gasteiger partial charge in [-0.3, -0.25) is 9.36 Å². The number of benzene rings is 1. The van der Waals surface area contributed by atoms with Crippen molar-refractivity contribution >= 4 is 10.9 Å². The van der Waals surface area contributed by atoms with Crippen molar-refractivity contribution in [3.8, 4) is 0 Å². The Bertz CT molecular complexity index is 710. The number of hydrogen-bond acceptors (Lipinski definition) is 3. The Hall–Kier alpha value is -2.14. The molecule has 0 amide bonds. The van der Waals surface area contributed by atoms with Gasteiger partial charge in [-0.1, -0.05) is 18.2 Å². The molecule has 1 unspecified atom stereocenters. The third-order valence-electron chi connectivity index (χ3n) is 3.34. The van der Waals surface area contributed by atoms with Crippen molar-refractivity contribution in [2.45, 2.75) is 12.5 Å². The van der Waals surface area contributed by atoms with E-state index in [0.717, 1.165) is 22.3 Å². The van der Waals surface area contributed by atoms with Crippen molar-refractivity contribution in [1.29, 1.82) is 0 Å². The summed E-state index contributed by atoms with van der Waals surface area (Å²) in [6.07, 6.45) is 2.63. The number of nitrogens with zero attached hydrogens (tertiary/aromatic N) is 4. The Morgan fingerprint density at radius 1 is 1.16 bits per heavy atom. The quantitative estimate of drug-likeness (QED) is 0.772. The first kappa shape index (κ1) is 11.9. The van der Waals surface area contributed by atoms with Crippen LogP contribution in [0.25, 0.3) is 10.9 Å². The fourth-order valence-corrected chi connectivity index (χ4v) is 2.41. The fourth-order valence-electron chi connectivity index (χ4n) is 2.41. The first-order valence-corrected chi connectivity index (χ1v) is 6.31. The number of rotatable bonds is 3. The van der Waals surface area contributed by atoms with Gasteiger partial charge in [0.05, 0.1) is 22.9 Å². The summed E-state index contributed by atoms with van der Waals surface area (Å²) in [7, 11) is 3.85. The van der Waals surface area contributed by atoms with Crippen LogP contribution < -0.4 is 5.73 Å². The molecule has 0 saturated heterocycles. The highest BCUT2D eigenvalue weighted by atomic mass is 15.3. The van der Waals surface area contributed by atoms with Gasteiger partial charge >= 0.3 is 0 Å². The molecule has 0 fully saturated rings. The summed E-state index contributed by atoms with van der Waals surface area (Å²) in [5.41, 5.74) is 9.32. The van der Waals surface area contributed by atoms with E-state index in [1.54, 1.807) is 4.68 Å². The molecule has 98 valence electrons. The normalized spacial score (nSPS) is 13.0. The van der Waals surface area contributed by atoms with Gasteiger partial charge in [0.2, 0.25) is 0 Å². The maximum Gasteiger partial charge on any atom is 0.0874 e. The number of nitrogens with two attached hydrogens (primary N) is 1. The summed E-state index contributed by atoms with van der Waals surface area (Å²) in [4.78, 5) is 0. The lowest BCUT2D eigenvalue weighted by atomic mass is 10.1. The largest absolute Gasteiger partial charge is 0.322 e. The summed E-state index contributed by atoms with van der Waals surface area (Å²) in [6, 6.07) is 10.0. The van der Waals surface area contributed by atoms with Gasteiger partial charge in [0.25, 0.3) is 0 Å². The molecule has 1 aromatic carbocycles. The second-order valence-corrected chi connectivity index (χ2v) is 4.82. The molecule has 0 bridgehead atoms. The highest BCUT2D eigenvalue weighted by Crippen LogP contribution is 2.23. The Balaban J connectivity index is 1.95. The van der Waals surface area contributed by atoms with Gasteiger partial charge in [0, 0.05) is 32.1 Å². The van der Waals surface area contributed by atoms with E-state index in [1.165, 1.54) is 0 Å². The van der Waals surface area contributed by atoms with Crippen LogP contribution in [-0.2, 0) is 20.5 Å². The van der Waals surface area contributed by atoms with E-state index in [0.29, 0.717) is 6.42 Å². The van der Waals surface area contributed by atoms with E-state index >= 15 is 0 Å². The van der Waals surface area contributed by atoms with Gasteiger partial charge in [0.15, 0.2) is 0 Å². The number of aryl methyl sites for hydroxylation is 2. The summed E-state index contributed by atoms with van der Waals surface area (Å²) >= 11 is 0. The van der Waals surface area contributed by atoms with Gasteiger partial charge in [0.1, 0.15) is 0 Å². The number of hydrogen-bond donors (Lipinski definition) is 1. The van der Waals surface area contributed by atoms with Gasteiger partial charge in [-0.2, -0.15) is 10.2 Å². The zero-order chi connectivity index (χ0) is 13.4. The molecule has 3 rings (SSSR count). The molecule has 2 heterocycles.